The Morgan fingerprint density at radius 3 is 2.45 bits per heavy atom. The summed E-state index contributed by atoms with van der Waals surface area (Å²) in [5.41, 5.74) is 0.863. The van der Waals surface area contributed by atoms with Crippen molar-refractivity contribution in [3.63, 3.8) is 0 Å². The molecule has 2 aromatic rings. The zero-order valence-corrected chi connectivity index (χ0v) is 17.1. The van der Waals surface area contributed by atoms with E-state index in [1.807, 2.05) is 24.3 Å². The van der Waals surface area contributed by atoms with Crippen molar-refractivity contribution >= 4 is 21.8 Å². The lowest BCUT2D eigenvalue weighted by Gasteiger charge is -2.34. The Hall–Kier alpha value is -2.85. The molecule has 1 aromatic carbocycles. The number of rotatable bonds is 6. The number of methoxy groups -OCH3 is 1. The van der Waals surface area contributed by atoms with Gasteiger partial charge in [0.25, 0.3) is 15.9 Å². The second-order valence-electron chi connectivity index (χ2n) is 6.53. The van der Waals surface area contributed by atoms with E-state index < -0.39 is 15.9 Å². The van der Waals surface area contributed by atoms with E-state index in [4.69, 9.17) is 9.15 Å². The number of amides is 2. The highest BCUT2D eigenvalue weighted by atomic mass is 32.2. The quantitative estimate of drug-likeness (QED) is 0.736. The van der Waals surface area contributed by atoms with E-state index in [-0.39, 0.29) is 23.2 Å². The van der Waals surface area contributed by atoms with E-state index in [0.717, 1.165) is 5.56 Å². The SMILES string of the molecule is CNS(=O)(=O)c1ccc(C(=O)N2CCN(C(=O)Cc3cccc(OC)c3)CC2)o1. The number of sulfonamides is 1. The maximum Gasteiger partial charge on any atom is 0.289 e. The number of hydrogen-bond acceptors (Lipinski definition) is 6. The number of hydrogen-bond donors (Lipinski definition) is 1. The van der Waals surface area contributed by atoms with Crippen LogP contribution in [0.3, 0.4) is 0 Å². The number of nitrogens with zero attached hydrogens (tertiary/aromatic N) is 2. The van der Waals surface area contributed by atoms with Crippen molar-refractivity contribution in [2.75, 3.05) is 40.3 Å². The van der Waals surface area contributed by atoms with Crippen LogP contribution in [0.4, 0.5) is 0 Å². The smallest absolute Gasteiger partial charge is 0.289 e. The third-order valence-corrected chi connectivity index (χ3v) is 6.02. The molecule has 1 N–H and O–H groups in total. The summed E-state index contributed by atoms with van der Waals surface area (Å²) >= 11 is 0. The molecule has 0 spiro atoms. The summed E-state index contributed by atoms with van der Waals surface area (Å²) in [7, 11) is -0.904. The van der Waals surface area contributed by atoms with Crippen LogP contribution in [0.25, 0.3) is 0 Å². The molecule has 156 valence electrons. The molecular weight excluding hydrogens is 398 g/mol. The summed E-state index contributed by atoms with van der Waals surface area (Å²) in [4.78, 5) is 28.4. The number of carbonyl (C=O) groups excluding carboxylic acids is 2. The molecule has 1 saturated heterocycles. The van der Waals surface area contributed by atoms with Gasteiger partial charge in [0.05, 0.1) is 13.5 Å². The van der Waals surface area contributed by atoms with Crippen molar-refractivity contribution < 1.29 is 27.2 Å². The van der Waals surface area contributed by atoms with Crippen LogP contribution in [0, 0.1) is 0 Å². The Balaban J connectivity index is 1.57. The van der Waals surface area contributed by atoms with Crippen LogP contribution in [0.15, 0.2) is 45.9 Å². The van der Waals surface area contributed by atoms with Crippen LogP contribution in [-0.4, -0.2) is 70.4 Å². The molecule has 0 atom stereocenters. The lowest BCUT2D eigenvalue weighted by molar-refractivity contribution is -0.131. The molecule has 9 nitrogen and oxygen atoms in total. The fourth-order valence-electron chi connectivity index (χ4n) is 3.06. The predicted molar refractivity (Wildman–Crippen MR) is 104 cm³/mol. The summed E-state index contributed by atoms with van der Waals surface area (Å²) in [5, 5.41) is -0.310. The van der Waals surface area contributed by atoms with Gasteiger partial charge in [-0.05, 0) is 36.9 Å². The second kappa shape index (κ2) is 8.66. The number of furan rings is 1. The molecule has 0 radical (unpaired) electrons. The fraction of sp³-hybridized carbons (Fsp3) is 0.368. The first-order chi connectivity index (χ1) is 13.8. The lowest BCUT2D eigenvalue weighted by atomic mass is 10.1. The standard InChI is InChI=1S/C19H23N3O6S/c1-20-29(25,26)18-7-6-16(28-18)19(24)22-10-8-21(9-11-22)17(23)13-14-4-3-5-15(12-14)27-2/h3-7,12,20H,8-11,13H2,1-2H3. The predicted octanol–water partition coefficient (Wildman–Crippen LogP) is 0.723. The maximum atomic E-state index is 12.6. The fourth-order valence-corrected chi connectivity index (χ4v) is 3.71. The van der Waals surface area contributed by atoms with Crippen molar-refractivity contribution in [2.45, 2.75) is 11.5 Å². The van der Waals surface area contributed by atoms with Gasteiger partial charge in [-0.2, -0.15) is 0 Å². The first-order valence-corrected chi connectivity index (χ1v) is 10.6. The number of piperazine rings is 1. The van der Waals surface area contributed by atoms with E-state index in [1.165, 1.54) is 19.2 Å². The lowest BCUT2D eigenvalue weighted by Crippen LogP contribution is -2.50. The van der Waals surface area contributed by atoms with E-state index in [2.05, 4.69) is 4.72 Å². The van der Waals surface area contributed by atoms with Gasteiger partial charge in [-0.1, -0.05) is 12.1 Å². The molecule has 2 amide bonds. The number of carbonyl (C=O) groups is 2. The van der Waals surface area contributed by atoms with Crippen molar-refractivity contribution in [2.24, 2.45) is 0 Å². The number of benzene rings is 1. The Labute approximate surface area is 169 Å². The third-order valence-electron chi connectivity index (χ3n) is 4.73. The molecule has 3 rings (SSSR count). The summed E-state index contributed by atoms with van der Waals surface area (Å²) < 4.78 is 36.0. The molecule has 0 unspecified atom stereocenters. The summed E-state index contributed by atoms with van der Waals surface area (Å²) in [6.07, 6.45) is 0.258. The molecule has 1 aliphatic heterocycles. The van der Waals surface area contributed by atoms with E-state index >= 15 is 0 Å². The van der Waals surface area contributed by atoms with Gasteiger partial charge in [0.1, 0.15) is 5.75 Å². The molecule has 0 aliphatic carbocycles. The van der Waals surface area contributed by atoms with E-state index in [1.54, 1.807) is 16.9 Å². The number of ether oxygens (including phenoxy) is 1. The minimum Gasteiger partial charge on any atom is -0.497 e. The molecule has 1 fully saturated rings. The van der Waals surface area contributed by atoms with E-state index in [0.29, 0.717) is 31.9 Å². The maximum absolute atomic E-state index is 12.6. The summed E-state index contributed by atoms with van der Waals surface area (Å²) in [5.74, 6) is 0.229. The molecule has 2 heterocycles. The van der Waals surface area contributed by atoms with Crippen LogP contribution >= 0.6 is 0 Å². The minimum absolute atomic E-state index is 0.0225. The Bertz CT molecular complexity index is 993. The first kappa shape index (κ1) is 20.9. The molecule has 1 aromatic heterocycles. The number of nitrogens with one attached hydrogen (secondary N) is 1. The topological polar surface area (TPSA) is 109 Å². The van der Waals surface area contributed by atoms with Crippen LogP contribution in [0.1, 0.15) is 16.1 Å². The van der Waals surface area contributed by atoms with Gasteiger partial charge in [-0.15, -0.1) is 0 Å². The molecule has 0 bridgehead atoms. The van der Waals surface area contributed by atoms with Gasteiger partial charge >= 0.3 is 0 Å². The van der Waals surface area contributed by atoms with Crippen molar-refractivity contribution in [3.8, 4) is 5.75 Å². The summed E-state index contributed by atoms with van der Waals surface area (Å²) in [6.45, 7) is 1.49. The monoisotopic (exact) mass is 421 g/mol. The van der Waals surface area contributed by atoms with Crippen LogP contribution in [0.2, 0.25) is 0 Å². The molecule has 10 heteroatoms. The highest BCUT2D eigenvalue weighted by molar-refractivity contribution is 7.89. The minimum atomic E-state index is -3.75. The zero-order chi connectivity index (χ0) is 21.0. The van der Waals surface area contributed by atoms with Gasteiger partial charge in [0.2, 0.25) is 11.0 Å². The Morgan fingerprint density at radius 2 is 1.79 bits per heavy atom. The first-order valence-electron chi connectivity index (χ1n) is 9.07. The van der Waals surface area contributed by atoms with Gasteiger partial charge in [0, 0.05) is 26.2 Å². The average molecular weight is 421 g/mol. The highest BCUT2D eigenvalue weighted by Crippen LogP contribution is 2.17. The second-order valence-corrected chi connectivity index (χ2v) is 8.35. The van der Waals surface area contributed by atoms with Gasteiger partial charge in [-0.25, -0.2) is 13.1 Å². The highest BCUT2D eigenvalue weighted by Gasteiger charge is 2.27. The largest absolute Gasteiger partial charge is 0.497 e. The van der Waals surface area contributed by atoms with Crippen LogP contribution < -0.4 is 9.46 Å². The van der Waals surface area contributed by atoms with Crippen molar-refractivity contribution in [1.29, 1.82) is 0 Å². The van der Waals surface area contributed by atoms with Gasteiger partial charge in [0.15, 0.2) is 5.76 Å². The van der Waals surface area contributed by atoms with Crippen molar-refractivity contribution in [1.82, 2.24) is 14.5 Å². The van der Waals surface area contributed by atoms with Crippen LogP contribution in [-0.2, 0) is 21.2 Å². The van der Waals surface area contributed by atoms with Gasteiger partial charge < -0.3 is 19.0 Å². The third kappa shape index (κ3) is 4.77. The van der Waals surface area contributed by atoms with Crippen molar-refractivity contribution in [3.05, 3.63) is 47.7 Å². The molecule has 29 heavy (non-hydrogen) atoms. The van der Waals surface area contributed by atoms with Crippen LogP contribution in [0.5, 0.6) is 5.75 Å². The summed E-state index contributed by atoms with van der Waals surface area (Å²) in [6, 6.07) is 9.93. The molecule has 1 aliphatic rings. The van der Waals surface area contributed by atoms with E-state index in [9.17, 15) is 18.0 Å². The molecular formula is C19H23N3O6S. The Morgan fingerprint density at radius 1 is 1.10 bits per heavy atom. The van der Waals surface area contributed by atoms with Gasteiger partial charge in [-0.3, -0.25) is 9.59 Å². The normalized spacial score (nSPS) is 14.7. The Kier molecular flexibility index (Phi) is 6.23. The zero-order valence-electron chi connectivity index (χ0n) is 16.3. The molecule has 0 saturated carbocycles. The average Bonchev–Trinajstić information content (AvgIpc) is 3.24.